The van der Waals surface area contributed by atoms with Gasteiger partial charge in [0, 0.05) is 49.0 Å². The summed E-state index contributed by atoms with van der Waals surface area (Å²) in [5.41, 5.74) is 7.96. The van der Waals surface area contributed by atoms with Crippen LogP contribution in [0.4, 0.5) is 32.1 Å². The molecule has 6 heterocycles. The molecule has 0 atom stereocenters. The van der Waals surface area contributed by atoms with Crippen LogP contribution in [0.15, 0.2) is 156 Å². The normalized spacial score (nSPS) is 12.4. The quantitative estimate of drug-likeness (QED) is 0.156. The molecule has 0 saturated carbocycles. The van der Waals surface area contributed by atoms with Crippen LogP contribution in [0.1, 0.15) is 22.3 Å². The minimum Gasteiger partial charge on any atom is -0.311 e. The zero-order valence-corrected chi connectivity index (χ0v) is 32.1. The van der Waals surface area contributed by atoms with Crippen LogP contribution < -0.4 is 20.9 Å². The summed E-state index contributed by atoms with van der Waals surface area (Å²) in [5.74, 6) is 0.630. The van der Waals surface area contributed by atoms with Crippen LogP contribution in [0.2, 0.25) is 0 Å². The Morgan fingerprint density at radius 3 is 1.52 bits per heavy atom. The summed E-state index contributed by atoms with van der Waals surface area (Å²) in [4.78, 5) is 55.8. The summed E-state index contributed by atoms with van der Waals surface area (Å²) in [6, 6.07) is 35.5. The summed E-state index contributed by atoms with van der Waals surface area (Å²) in [5, 5.41) is 0. The summed E-state index contributed by atoms with van der Waals surface area (Å²) in [6.45, 7) is 2.08. The first kappa shape index (κ1) is 37.8. The number of hydrogen-bond acceptors (Lipinski definition) is 10. The third kappa shape index (κ3) is 7.90. The predicted molar refractivity (Wildman–Crippen MR) is 224 cm³/mol. The first-order valence-electron chi connectivity index (χ1n) is 19.3. The van der Waals surface area contributed by atoms with Crippen molar-refractivity contribution in [3.05, 3.63) is 201 Å². The molecule has 8 aromatic rings. The van der Waals surface area contributed by atoms with Crippen LogP contribution >= 0.6 is 0 Å². The third-order valence-electron chi connectivity index (χ3n) is 10.4. The van der Waals surface area contributed by atoms with Crippen molar-refractivity contribution < 1.29 is 8.78 Å². The number of anilines is 4. The zero-order valence-electron chi connectivity index (χ0n) is 32.1. The maximum Gasteiger partial charge on any atom is 0.255 e. The van der Waals surface area contributed by atoms with Gasteiger partial charge in [-0.3, -0.25) is 18.7 Å². The highest BCUT2D eigenvalue weighted by Gasteiger charge is 2.27. The van der Waals surface area contributed by atoms with Gasteiger partial charge >= 0.3 is 0 Å². The number of aromatic nitrogens is 8. The molecule has 14 heteroatoms. The number of nitrogens with zero attached hydrogens (tertiary/aromatic N) is 10. The highest BCUT2D eigenvalue weighted by Crippen LogP contribution is 2.35. The molecule has 0 spiro atoms. The van der Waals surface area contributed by atoms with Crippen molar-refractivity contribution in [1.82, 2.24) is 39.0 Å². The fourth-order valence-electron chi connectivity index (χ4n) is 7.48. The second kappa shape index (κ2) is 16.6. The number of fused-ring (bicyclic) bond motifs is 4. The Kier molecular flexibility index (Phi) is 10.5. The molecule has 60 heavy (non-hydrogen) atoms. The molecule has 0 unspecified atom stereocenters. The smallest absolute Gasteiger partial charge is 0.255 e. The van der Waals surface area contributed by atoms with E-state index in [2.05, 4.69) is 19.9 Å². The Morgan fingerprint density at radius 1 is 0.500 bits per heavy atom. The van der Waals surface area contributed by atoms with E-state index in [1.807, 2.05) is 64.4 Å². The van der Waals surface area contributed by atoms with E-state index in [9.17, 15) is 18.4 Å². The van der Waals surface area contributed by atoms with Crippen LogP contribution in [0.3, 0.4) is 0 Å². The van der Waals surface area contributed by atoms with Crippen molar-refractivity contribution in [2.75, 3.05) is 22.9 Å². The summed E-state index contributed by atoms with van der Waals surface area (Å²) in [7, 11) is 0. The molecule has 296 valence electrons. The lowest BCUT2D eigenvalue weighted by Crippen LogP contribution is -2.36. The molecule has 0 amide bonds. The van der Waals surface area contributed by atoms with Gasteiger partial charge in [-0.05, 0) is 83.6 Å². The van der Waals surface area contributed by atoms with Gasteiger partial charge in [-0.15, -0.1) is 0 Å². The highest BCUT2D eigenvalue weighted by atomic mass is 19.1. The van der Waals surface area contributed by atoms with Crippen LogP contribution in [-0.2, 0) is 25.9 Å². The van der Waals surface area contributed by atoms with E-state index in [-0.39, 0.29) is 22.8 Å². The third-order valence-corrected chi connectivity index (χ3v) is 10.4. The molecule has 4 aromatic heterocycles. The molecular formula is C46H36F2N10O2. The van der Waals surface area contributed by atoms with Gasteiger partial charge in [0.2, 0.25) is 11.9 Å². The summed E-state index contributed by atoms with van der Waals surface area (Å²) < 4.78 is 30.2. The topological polar surface area (TPSA) is 128 Å². The molecule has 0 N–H and O–H groups in total. The molecule has 12 nitrogen and oxygen atoms in total. The first-order valence-corrected chi connectivity index (χ1v) is 19.3. The zero-order chi connectivity index (χ0) is 41.0. The van der Waals surface area contributed by atoms with Gasteiger partial charge in [-0.25, -0.2) is 38.7 Å². The largest absolute Gasteiger partial charge is 0.311 e. The monoisotopic (exact) mass is 798 g/mol. The standard InChI is InChI=1S/2C23H18FN5O/c24-18-6-3-4-16(12-18)9-11-28-21-7-2-1-5-17(21)14-29-22(30)13-20(27-23(28)29)19-8-10-25-15-26-19;24-18-7-5-16(6-8-18)10-12-28-21-4-2-1-3-17(21)14-29-22(30)13-20(27-23(28)29)19-9-11-25-15-26-19/h1-8,10,12-13,15H,9,11,14H2;1-9,11,13,15H,10,12,14H2. The van der Waals surface area contributed by atoms with E-state index >= 15 is 0 Å². The Morgan fingerprint density at radius 2 is 1.02 bits per heavy atom. The number of rotatable bonds is 8. The second-order valence-corrected chi connectivity index (χ2v) is 14.2. The van der Waals surface area contributed by atoms with Crippen LogP contribution in [0.5, 0.6) is 0 Å². The molecule has 2 aliphatic rings. The highest BCUT2D eigenvalue weighted by molar-refractivity contribution is 5.68. The SMILES string of the molecule is O=c1cc(-c2ccncn2)nc2n1Cc1ccccc1N2CCc1ccc(F)cc1.O=c1cc(-c2ccncn2)nc2n1Cc1ccccc1N2CCc1cccc(F)c1. The van der Waals surface area contributed by atoms with E-state index in [4.69, 9.17) is 9.97 Å². The summed E-state index contributed by atoms with van der Waals surface area (Å²) >= 11 is 0. The molecular weight excluding hydrogens is 763 g/mol. The van der Waals surface area contributed by atoms with E-state index in [0.29, 0.717) is 73.7 Å². The molecule has 10 rings (SSSR count). The van der Waals surface area contributed by atoms with Gasteiger partial charge in [0.05, 0.1) is 35.9 Å². The Labute approximate surface area is 342 Å². The van der Waals surface area contributed by atoms with E-state index in [1.165, 1.54) is 49.1 Å². The van der Waals surface area contributed by atoms with Crippen LogP contribution in [0.25, 0.3) is 22.8 Å². The fourth-order valence-corrected chi connectivity index (χ4v) is 7.48. The lowest BCUT2D eigenvalue weighted by Gasteiger charge is -2.33. The Balaban J connectivity index is 0.000000154. The number of halogens is 2. The van der Waals surface area contributed by atoms with Gasteiger partial charge in [-0.2, -0.15) is 0 Å². The number of para-hydroxylation sites is 2. The average Bonchev–Trinajstić information content (AvgIpc) is 3.28. The van der Waals surface area contributed by atoms with Crippen molar-refractivity contribution in [3.63, 3.8) is 0 Å². The first-order chi connectivity index (χ1) is 29.4. The number of hydrogen-bond donors (Lipinski definition) is 0. The minimum atomic E-state index is -0.257. The fraction of sp³-hybridized carbons (Fsp3) is 0.130. The molecule has 0 aliphatic carbocycles. The van der Waals surface area contributed by atoms with Crippen molar-refractivity contribution in [2.24, 2.45) is 0 Å². The van der Waals surface area contributed by atoms with E-state index in [1.54, 1.807) is 51.9 Å². The van der Waals surface area contributed by atoms with Gasteiger partial charge in [-0.1, -0.05) is 60.7 Å². The van der Waals surface area contributed by atoms with Crippen molar-refractivity contribution in [3.8, 4) is 22.8 Å². The minimum absolute atomic E-state index is 0.130. The molecule has 4 aromatic carbocycles. The van der Waals surface area contributed by atoms with Gasteiger partial charge < -0.3 is 9.80 Å². The lowest BCUT2D eigenvalue weighted by atomic mass is 10.1. The van der Waals surface area contributed by atoms with Crippen LogP contribution in [-0.4, -0.2) is 52.1 Å². The van der Waals surface area contributed by atoms with Gasteiger partial charge in [0.15, 0.2) is 0 Å². The van der Waals surface area contributed by atoms with Crippen molar-refractivity contribution >= 4 is 23.3 Å². The van der Waals surface area contributed by atoms with E-state index in [0.717, 1.165) is 33.6 Å². The van der Waals surface area contributed by atoms with Gasteiger partial charge in [0.25, 0.3) is 11.1 Å². The predicted octanol–water partition coefficient (Wildman–Crippen LogP) is 7.16. The Bertz CT molecular complexity index is 2930. The maximum absolute atomic E-state index is 13.6. The molecule has 2 aliphatic heterocycles. The van der Waals surface area contributed by atoms with Crippen LogP contribution in [0, 0.1) is 11.6 Å². The molecule has 0 radical (unpaired) electrons. The number of benzene rings is 4. The second-order valence-electron chi connectivity index (χ2n) is 14.2. The molecule has 0 fully saturated rings. The average molecular weight is 799 g/mol. The van der Waals surface area contributed by atoms with Crippen molar-refractivity contribution in [1.29, 1.82) is 0 Å². The molecule has 0 bridgehead atoms. The summed E-state index contributed by atoms with van der Waals surface area (Å²) in [6.07, 6.45) is 7.42. The Hall–Kier alpha value is -7.74. The lowest BCUT2D eigenvalue weighted by molar-refractivity contribution is 0.624. The molecule has 0 saturated heterocycles. The maximum atomic E-state index is 13.6. The van der Waals surface area contributed by atoms with Gasteiger partial charge in [0.1, 0.15) is 24.3 Å². The van der Waals surface area contributed by atoms with Crippen molar-refractivity contribution in [2.45, 2.75) is 25.9 Å². The van der Waals surface area contributed by atoms with E-state index < -0.39 is 0 Å².